The van der Waals surface area contributed by atoms with Gasteiger partial charge in [0.15, 0.2) is 9.84 Å². The summed E-state index contributed by atoms with van der Waals surface area (Å²) >= 11 is 5.86. The van der Waals surface area contributed by atoms with E-state index in [1.807, 2.05) is 0 Å². The Balaban J connectivity index is 2.19. The van der Waals surface area contributed by atoms with Crippen LogP contribution in [0.4, 0.5) is 0 Å². The Morgan fingerprint density at radius 2 is 2.22 bits per heavy atom. The second-order valence-corrected chi connectivity index (χ2v) is 7.17. The van der Waals surface area contributed by atoms with Crippen LogP contribution in [0.15, 0.2) is 18.2 Å². The van der Waals surface area contributed by atoms with Crippen LogP contribution in [-0.4, -0.2) is 31.1 Å². The fourth-order valence-electron chi connectivity index (χ4n) is 1.99. The molecule has 1 fully saturated rings. The van der Waals surface area contributed by atoms with E-state index < -0.39 is 15.9 Å². The molecule has 100 valence electrons. The number of ether oxygens (including phenoxy) is 1. The minimum Gasteiger partial charge on any atom is -0.489 e. The second kappa shape index (κ2) is 5.07. The maximum absolute atomic E-state index is 11.4. The molecule has 1 aliphatic heterocycles. The molecular formula is C12H15ClO4S. The lowest BCUT2D eigenvalue weighted by Gasteiger charge is -2.17. The Bertz CT molecular complexity index is 539. The Labute approximate surface area is 111 Å². The molecule has 0 aliphatic carbocycles. The molecule has 1 unspecified atom stereocenters. The average molecular weight is 291 g/mol. The van der Waals surface area contributed by atoms with E-state index in [0.717, 1.165) is 0 Å². The first-order chi connectivity index (χ1) is 8.37. The third kappa shape index (κ3) is 3.16. The molecule has 1 heterocycles. The van der Waals surface area contributed by atoms with Gasteiger partial charge in [0.25, 0.3) is 0 Å². The summed E-state index contributed by atoms with van der Waals surface area (Å²) in [5.41, 5.74) is 0.576. The molecule has 0 radical (unpaired) electrons. The summed E-state index contributed by atoms with van der Waals surface area (Å²) in [6.07, 6.45) is -0.560. The van der Waals surface area contributed by atoms with Crippen molar-refractivity contribution in [1.29, 1.82) is 0 Å². The molecule has 1 aromatic rings. The van der Waals surface area contributed by atoms with E-state index in [4.69, 9.17) is 16.3 Å². The number of rotatable bonds is 3. The minimum absolute atomic E-state index is 0.0366. The van der Waals surface area contributed by atoms with E-state index in [1.54, 1.807) is 25.1 Å². The first kappa shape index (κ1) is 13.6. The third-order valence-electron chi connectivity index (χ3n) is 2.91. The Morgan fingerprint density at radius 3 is 2.78 bits per heavy atom. The molecule has 0 spiro atoms. The molecule has 0 amide bonds. The van der Waals surface area contributed by atoms with Crippen molar-refractivity contribution in [2.45, 2.75) is 25.6 Å². The Morgan fingerprint density at radius 1 is 1.50 bits per heavy atom. The zero-order valence-corrected chi connectivity index (χ0v) is 11.5. The quantitative estimate of drug-likeness (QED) is 0.924. The normalized spacial score (nSPS) is 23.8. The molecular weight excluding hydrogens is 276 g/mol. The SMILES string of the molecule is C[C@H](O)c1cc(Cl)ccc1OC1CCS(=O)(=O)C1. The molecule has 1 aromatic carbocycles. The molecule has 4 nitrogen and oxygen atoms in total. The van der Waals surface area contributed by atoms with E-state index in [9.17, 15) is 13.5 Å². The number of aliphatic hydroxyl groups is 1. The van der Waals surface area contributed by atoms with Crippen molar-refractivity contribution in [3.8, 4) is 5.75 Å². The van der Waals surface area contributed by atoms with Gasteiger partial charge in [0.05, 0.1) is 17.6 Å². The number of halogens is 1. The van der Waals surface area contributed by atoms with Gasteiger partial charge in [-0.15, -0.1) is 0 Å². The van der Waals surface area contributed by atoms with E-state index in [1.165, 1.54) is 0 Å². The molecule has 1 aliphatic rings. The summed E-state index contributed by atoms with van der Waals surface area (Å²) in [7, 11) is -2.97. The number of aliphatic hydroxyl groups excluding tert-OH is 1. The number of hydrogen-bond donors (Lipinski definition) is 1. The van der Waals surface area contributed by atoms with Crippen LogP contribution in [0.3, 0.4) is 0 Å². The largest absolute Gasteiger partial charge is 0.489 e. The summed E-state index contributed by atoms with van der Waals surface area (Å²) in [6, 6.07) is 4.95. The monoisotopic (exact) mass is 290 g/mol. The van der Waals surface area contributed by atoms with E-state index >= 15 is 0 Å². The van der Waals surface area contributed by atoms with Gasteiger partial charge in [0.2, 0.25) is 0 Å². The molecule has 1 saturated heterocycles. The highest BCUT2D eigenvalue weighted by Crippen LogP contribution is 2.30. The summed E-state index contributed by atoms with van der Waals surface area (Å²) in [6.45, 7) is 1.61. The van der Waals surface area contributed by atoms with Crippen LogP contribution in [0.1, 0.15) is 25.0 Å². The summed E-state index contributed by atoms with van der Waals surface area (Å²) in [5.74, 6) is 0.695. The third-order valence-corrected chi connectivity index (χ3v) is 4.88. The minimum atomic E-state index is -2.97. The lowest BCUT2D eigenvalue weighted by Crippen LogP contribution is -2.18. The van der Waals surface area contributed by atoms with Gasteiger partial charge in [-0.3, -0.25) is 0 Å². The van der Waals surface area contributed by atoms with Crippen LogP contribution < -0.4 is 4.74 Å². The zero-order valence-electron chi connectivity index (χ0n) is 9.97. The first-order valence-corrected chi connectivity index (χ1v) is 7.92. The average Bonchev–Trinajstić information content (AvgIpc) is 2.60. The van der Waals surface area contributed by atoms with Crippen molar-refractivity contribution in [3.05, 3.63) is 28.8 Å². The zero-order chi connectivity index (χ0) is 13.3. The smallest absolute Gasteiger partial charge is 0.154 e. The predicted octanol–water partition coefficient (Wildman–Crippen LogP) is 1.96. The first-order valence-electron chi connectivity index (χ1n) is 5.72. The topological polar surface area (TPSA) is 63.6 Å². The Hall–Kier alpha value is -0.780. The molecule has 0 aromatic heterocycles. The van der Waals surface area contributed by atoms with E-state index in [2.05, 4.69) is 0 Å². The van der Waals surface area contributed by atoms with Gasteiger partial charge in [-0.2, -0.15) is 0 Å². The van der Waals surface area contributed by atoms with Gasteiger partial charge < -0.3 is 9.84 Å². The molecule has 2 rings (SSSR count). The van der Waals surface area contributed by atoms with Crippen molar-refractivity contribution in [2.24, 2.45) is 0 Å². The van der Waals surface area contributed by atoms with Crippen molar-refractivity contribution >= 4 is 21.4 Å². The maximum Gasteiger partial charge on any atom is 0.154 e. The highest BCUT2D eigenvalue weighted by Gasteiger charge is 2.30. The van der Waals surface area contributed by atoms with Crippen molar-refractivity contribution in [3.63, 3.8) is 0 Å². The summed E-state index contributed by atoms with van der Waals surface area (Å²) in [4.78, 5) is 0. The molecule has 2 atom stereocenters. The number of hydrogen-bond acceptors (Lipinski definition) is 4. The van der Waals surface area contributed by atoms with Crippen LogP contribution in [-0.2, 0) is 9.84 Å². The van der Waals surface area contributed by atoms with Crippen LogP contribution in [0, 0.1) is 0 Å². The molecule has 0 saturated carbocycles. The van der Waals surface area contributed by atoms with Crippen molar-refractivity contribution < 1.29 is 18.3 Å². The van der Waals surface area contributed by atoms with E-state index in [-0.39, 0.29) is 17.6 Å². The van der Waals surface area contributed by atoms with Gasteiger partial charge in [0.1, 0.15) is 11.9 Å². The maximum atomic E-state index is 11.4. The van der Waals surface area contributed by atoms with Crippen LogP contribution in [0.5, 0.6) is 5.75 Å². The highest BCUT2D eigenvalue weighted by atomic mass is 35.5. The Kier molecular flexibility index (Phi) is 3.84. The van der Waals surface area contributed by atoms with Gasteiger partial charge in [-0.05, 0) is 31.5 Å². The summed E-state index contributed by atoms with van der Waals surface area (Å²) < 4.78 is 28.4. The van der Waals surface area contributed by atoms with E-state index in [0.29, 0.717) is 22.8 Å². The van der Waals surface area contributed by atoms with Gasteiger partial charge in [0, 0.05) is 10.6 Å². The van der Waals surface area contributed by atoms with Gasteiger partial charge in [-0.1, -0.05) is 11.6 Å². The molecule has 0 bridgehead atoms. The van der Waals surface area contributed by atoms with Crippen LogP contribution >= 0.6 is 11.6 Å². The predicted molar refractivity (Wildman–Crippen MR) is 69.8 cm³/mol. The number of benzene rings is 1. The lowest BCUT2D eigenvalue weighted by atomic mass is 10.1. The number of sulfone groups is 1. The second-order valence-electron chi connectivity index (χ2n) is 4.50. The van der Waals surface area contributed by atoms with Crippen LogP contribution in [0.2, 0.25) is 5.02 Å². The fraction of sp³-hybridized carbons (Fsp3) is 0.500. The van der Waals surface area contributed by atoms with Crippen LogP contribution in [0.25, 0.3) is 0 Å². The van der Waals surface area contributed by atoms with Crippen molar-refractivity contribution in [2.75, 3.05) is 11.5 Å². The van der Waals surface area contributed by atoms with Gasteiger partial charge >= 0.3 is 0 Å². The molecule has 6 heteroatoms. The lowest BCUT2D eigenvalue weighted by molar-refractivity contribution is 0.180. The highest BCUT2D eigenvalue weighted by molar-refractivity contribution is 7.91. The van der Waals surface area contributed by atoms with Gasteiger partial charge in [-0.25, -0.2) is 8.42 Å². The molecule has 18 heavy (non-hydrogen) atoms. The standard InChI is InChI=1S/C12H15ClO4S/c1-8(14)11-6-9(13)2-3-12(11)17-10-4-5-18(15,16)7-10/h2-3,6,8,10,14H,4-5,7H2,1H3/t8-,10?/m0/s1. The van der Waals surface area contributed by atoms with Crippen molar-refractivity contribution in [1.82, 2.24) is 0 Å². The summed E-state index contributed by atoms with van der Waals surface area (Å²) in [5, 5.41) is 10.2. The molecule has 1 N–H and O–H groups in total. The fourth-order valence-corrected chi connectivity index (χ4v) is 3.76.